The van der Waals surface area contributed by atoms with Gasteiger partial charge in [0.15, 0.2) is 5.75 Å². The summed E-state index contributed by atoms with van der Waals surface area (Å²) in [5, 5.41) is 13.8. The van der Waals surface area contributed by atoms with Crippen LogP contribution in [0.5, 0.6) is 5.75 Å². The Morgan fingerprint density at radius 2 is 1.85 bits per heavy atom. The van der Waals surface area contributed by atoms with Crippen LogP contribution in [0.15, 0.2) is 53.5 Å². The fraction of sp³-hybridized carbons (Fsp3) is 0.174. The molecule has 0 aliphatic carbocycles. The van der Waals surface area contributed by atoms with Crippen molar-refractivity contribution in [3.8, 4) is 11.4 Å². The van der Waals surface area contributed by atoms with Crippen LogP contribution in [-0.4, -0.2) is 35.2 Å². The van der Waals surface area contributed by atoms with Gasteiger partial charge in [-0.05, 0) is 54.8 Å². The number of amides is 1. The van der Waals surface area contributed by atoms with Gasteiger partial charge in [-0.15, -0.1) is 0 Å². The van der Waals surface area contributed by atoms with E-state index in [1.807, 2.05) is 6.07 Å². The SMILES string of the molecule is COC(=O)c1ccc(-n2ccc(C(=O)NCCCc3ccc(Cl)c(Cl)c3)c(O)c2=O)cc1F. The molecule has 7 nitrogen and oxygen atoms in total. The fourth-order valence-electron chi connectivity index (χ4n) is 3.13. The summed E-state index contributed by atoms with van der Waals surface area (Å²) >= 11 is 11.9. The van der Waals surface area contributed by atoms with Crippen molar-refractivity contribution in [2.24, 2.45) is 0 Å². The third-order valence-electron chi connectivity index (χ3n) is 4.86. The minimum Gasteiger partial charge on any atom is -0.502 e. The number of esters is 1. The van der Waals surface area contributed by atoms with Gasteiger partial charge in [0.25, 0.3) is 11.5 Å². The average molecular weight is 493 g/mol. The van der Waals surface area contributed by atoms with Crippen LogP contribution >= 0.6 is 23.2 Å². The lowest BCUT2D eigenvalue weighted by Gasteiger charge is -2.11. The largest absolute Gasteiger partial charge is 0.502 e. The summed E-state index contributed by atoms with van der Waals surface area (Å²) in [6, 6.07) is 9.96. The van der Waals surface area contributed by atoms with E-state index in [-0.39, 0.29) is 16.8 Å². The molecule has 1 heterocycles. The van der Waals surface area contributed by atoms with Crippen LogP contribution in [0.3, 0.4) is 0 Å². The van der Waals surface area contributed by atoms with Gasteiger partial charge in [-0.2, -0.15) is 0 Å². The zero-order valence-corrected chi connectivity index (χ0v) is 18.9. The number of carbonyl (C=O) groups excluding carboxylic acids is 2. The van der Waals surface area contributed by atoms with Gasteiger partial charge in [-0.25, -0.2) is 9.18 Å². The second kappa shape index (κ2) is 10.5. The highest BCUT2D eigenvalue weighted by Crippen LogP contribution is 2.23. The molecule has 0 fully saturated rings. The predicted octanol–water partition coefficient (Wildman–Crippen LogP) is 4.14. The number of pyridine rings is 1. The Morgan fingerprint density at radius 1 is 1.09 bits per heavy atom. The van der Waals surface area contributed by atoms with E-state index >= 15 is 0 Å². The molecule has 0 bridgehead atoms. The molecule has 1 aromatic heterocycles. The van der Waals surface area contributed by atoms with Crippen LogP contribution < -0.4 is 10.9 Å². The molecule has 0 atom stereocenters. The number of benzene rings is 2. The molecular weight excluding hydrogens is 474 g/mol. The summed E-state index contributed by atoms with van der Waals surface area (Å²) in [7, 11) is 1.12. The van der Waals surface area contributed by atoms with Crippen molar-refractivity contribution >= 4 is 35.1 Å². The van der Waals surface area contributed by atoms with E-state index in [1.165, 1.54) is 18.3 Å². The molecule has 33 heavy (non-hydrogen) atoms. The first kappa shape index (κ1) is 24.3. The van der Waals surface area contributed by atoms with Crippen LogP contribution in [0.4, 0.5) is 4.39 Å². The summed E-state index contributed by atoms with van der Waals surface area (Å²) in [6.45, 7) is 0.293. The Labute approximate surface area is 198 Å². The smallest absolute Gasteiger partial charge is 0.340 e. The van der Waals surface area contributed by atoms with Crippen LogP contribution in [-0.2, 0) is 11.2 Å². The first-order valence-electron chi connectivity index (χ1n) is 9.78. The molecule has 3 aromatic rings. The Kier molecular flexibility index (Phi) is 7.73. The third-order valence-corrected chi connectivity index (χ3v) is 5.60. The Balaban J connectivity index is 1.68. The van der Waals surface area contributed by atoms with Crippen molar-refractivity contribution in [1.82, 2.24) is 9.88 Å². The number of methoxy groups -OCH3 is 1. The molecular formula is C23H19Cl2FN2O5. The molecule has 2 aromatic carbocycles. The Bertz CT molecular complexity index is 1280. The van der Waals surface area contributed by atoms with E-state index in [0.29, 0.717) is 29.4 Å². The Hall–Kier alpha value is -3.36. The van der Waals surface area contributed by atoms with Crippen molar-refractivity contribution < 1.29 is 23.8 Å². The van der Waals surface area contributed by atoms with Crippen LogP contribution in [0.1, 0.15) is 32.7 Å². The van der Waals surface area contributed by atoms with Gasteiger partial charge in [-0.3, -0.25) is 14.2 Å². The quantitative estimate of drug-likeness (QED) is 0.381. The lowest BCUT2D eigenvalue weighted by molar-refractivity contribution is 0.0595. The molecule has 0 saturated heterocycles. The van der Waals surface area contributed by atoms with Crippen molar-refractivity contribution in [3.63, 3.8) is 0 Å². The third kappa shape index (κ3) is 5.53. The first-order valence-corrected chi connectivity index (χ1v) is 10.5. The maximum Gasteiger partial charge on any atom is 0.340 e. The van der Waals surface area contributed by atoms with Gasteiger partial charge in [0.05, 0.1) is 34.0 Å². The number of hydrogen-bond acceptors (Lipinski definition) is 5. The second-order valence-corrected chi connectivity index (χ2v) is 7.83. The van der Waals surface area contributed by atoms with Gasteiger partial charge in [0, 0.05) is 12.7 Å². The van der Waals surface area contributed by atoms with E-state index in [4.69, 9.17) is 23.2 Å². The standard InChI is InChI=1S/C23H19Cl2FN2O5/c1-33-23(32)15-6-5-14(12-19(15)26)28-10-8-16(20(29)22(28)31)21(30)27-9-2-3-13-4-7-17(24)18(25)11-13/h4-8,10-12,29H,2-3,9H2,1H3,(H,27,30). The predicted molar refractivity (Wildman–Crippen MR) is 122 cm³/mol. The maximum atomic E-state index is 14.2. The normalized spacial score (nSPS) is 10.7. The van der Waals surface area contributed by atoms with E-state index in [9.17, 15) is 23.9 Å². The zero-order chi connectivity index (χ0) is 24.1. The van der Waals surface area contributed by atoms with Crippen molar-refractivity contribution in [2.45, 2.75) is 12.8 Å². The van der Waals surface area contributed by atoms with E-state index in [0.717, 1.165) is 29.4 Å². The zero-order valence-electron chi connectivity index (χ0n) is 17.4. The number of halogens is 3. The van der Waals surface area contributed by atoms with E-state index in [1.54, 1.807) is 12.1 Å². The average Bonchev–Trinajstić information content (AvgIpc) is 2.80. The number of ether oxygens (including phenoxy) is 1. The summed E-state index contributed by atoms with van der Waals surface area (Å²) in [5.74, 6) is -3.16. The molecule has 0 aliphatic heterocycles. The number of aromatic hydroxyl groups is 1. The summed E-state index contributed by atoms with van der Waals surface area (Å²) in [5.41, 5.74) is -0.403. The second-order valence-electron chi connectivity index (χ2n) is 7.02. The van der Waals surface area contributed by atoms with Crippen molar-refractivity contribution in [3.05, 3.63) is 91.6 Å². The molecule has 2 N–H and O–H groups in total. The summed E-state index contributed by atoms with van der Waals surface area (Å²) in [4.78, 5) is 36.5. The molecule has 0 saturated carbocycles. The monoisotopic (exact) mass is 492 g/mol. The minimum absolute atomic E-state index is 0.0639. The number of nitrogens with one attached hydrogen (secondary N) is 1. The Morgan fingerprint density at radius 3 is 2.52 bits per heavy atom. The molecule has 0 spiro atoms. The van der Waals surface area contributed by atoms with Gasteiger partial charge in [0.2, 0.25) is 0 Å². The molecule has 3 rings (SSSR count). The first-order chi connectivity index (χ1) is 15.7. The summed E-state index contributed by atoms with van der Waals surface area (Å²) in [6.07, 6.45) is 2.46. The lowest BCUT2D eigenvalue weighted by atomic mass is 10.1. The van der Waals surface area contributed by atoms with Crippen LogP contribution in [0.2, 0.25) is 10.0 Å². The van der Waals surface area contributed by atoms with Crippen molar-refractivity contribution in [1.29, 1.82) is 0 Å². The van der Waals surface area contributed by atoms with Crippen LogP contribution in [0.25, 0.3) is 5.69 Å². The molecule has 1 amide bonds. The molecule has 0 aliphatic rings. The van der Waals surface area contributed by atoms with Gasteiger partial charge in [0.1, 0.15) is 5.82 Å². The summed E-state index contributed by atoms with van der Waals surface area (Å²) < 4.78 is 19.6. The molecule has 0 unspecified atom stereocenters. The van der Waals surface area contributed by atoms with Crippen LogP contribution in [0, 0.1) is 5.82 Å². The number of aromatic nitrogens is 1. The van der Waals surface area contributed by atoms with Crippen molar-refractivity contribution in [2.75, 3.05) is 13.7 Å². The highest BCUT2D eigenvalue weighted by molar-refractivity contribution is 6.42. The number of rotatable bonds is 7. The van der Waals surface area contributed by atoms with E-state index < -0.39 is 29.0 Å². The highest BCUT2D eigenvalue weighted by atomic mass is 35.5. The van der Waals surface area contributed by atoms with Gasteiger partial charge >= 0.3 is 5.97 Å². The number of hydrogen-bond donors (Lipinski definition) is 2. The van der Waals surface area contributed by atoms with Gasteiger partial charge < -0.3 is 15.2 Å². The number of aryl methyl sites for hydroxylation is 1. The minimum atomic E-state index is -0.913. The molecule has 10 heteroatoms. The highest BCUT2D eigenvalue weighted by Gasteiger charge is 2.18. The fourth-order valence-corrected chi connectivity index (χ4v) is 3.45. The topological polar surface area (TPSA) is 97.6 Å². The van der Waals surface area contributed by atoms with E-state index in [2.05, 4.69) is 10.1 Å². The molecule has 172 valence electrons. The lowest BCUT2D eigenvalue weighted by Crippen LogP contribution is -2.28. The maximum absolute atomic E-state index is 14.2. The number of nitrogens with zero attached hydrogens (tertiary/aromatic N) is 1. The number of carbonyl (C=O) groups is 2. The van der Waals surface area contributed by atoms with Gasteiger partial charge in [-0.1, -0.05) is 29.3 Å². The molecule has 0 radical (unpaired) electrons.